The maximum Gasteiger partial charge on any atom is 0.319 e. The molecule has 1 aliphatic rings. The lowest BCUT2D eigenvalue weighted by atomic mass is 9.92. The third-order valence-corrected chi connectivity index (χ3v) is 7.33. The first-order chi connectivity index (χ1) is 20.0. The Labute approximate surface area is 249 Å². The van der Waals surface area contributed by atoms with Gasteiger partial charge in [0.15, 0.2) is 11.5 Å². The number of hydrogen-bond donors (Lipinski definition) is 3. The Morgan fingerprint density at radius 3 is 2.45 bits per heavy atom. The number of hydrogen-bond acceptors (Lipinski definition) is 7. The molecule has 0 saturated carbocycles. The molecule has 9 heteroatoms. The van der Waals surface area contributed by atoms with E-state index in [4.69, 9.17) is 14.2 Å². The largest absolute Gasteiger partial charge is 0.493 e. The van der Waals surface area contributed by atoms with Crippen molar-refractivity contribution in [3.63, 3.8) is 0 Å². The minimum Gasteiger partial charge on any atom is -0.493 e. The molecule has 0 radical (unpaired) electrons. The molecule has 3 atom stereocenters. The van der Waals surface area contributed by atoms with Crippen molar-refractivity contribution in [3.8, 4) is 23.0 Å². The molecule has 3 N–H and O–H groups in total. The molecule has 4 rings (SSSR count). The second-order valence-electron chi connectivity index (χ2n) is 12.8. The summed E-state index contributed by atoms with van der Waals surface area (Å²) in [5.41, 5.74) is 1.52. The number of carbonyl (C=O) groups is 1. The molecular weight excluding hydrogens is 532 g/mol. The van der Waals surface area contributed by atoms with E-state index in [9.17, 15) is 9.90 Å². The van der Waals surface area contributed by atoms with Gasteiger partial charge in [-0.05, 0) is 66.5 Å². The molecule has 0 aliphatic carbocycles. The third kappa shape index (κ3) is 9.22. The van der Waals surface area contributed by atoms with Crippen LogP contribution in [0.15, 0.2) is 48.7 Å². The number of likely N-dealkylation sites (tertiary alicyclic amines) is 1. The molecule has 3 aromatic rings. The normalized spacial score (nSPS) is 18.4. The van der Waals surface area contributed by atoms with E-state index in [-0.39, 0.29) is 18.1 Å². The average molecular weight is 579 g/mol. The van der Waals surface area contributed by atoms with E-state index in [0.717, 1.165) is 24.9 Å². The fourth-order valence-electron chi connectivity index (χ4n) is 5.43. The van der Waals surface area contributed by atoms with Gasteiger partial charge in [0.1, 0.15) is 24.2 Å². The summed E-state index contributed by atoms with van der Waals surface area (Å²) in [6.45, 7) is 14.3. The number of ether oxygens (including phenoxy) is 3. The van der Waals surface area contributed by atoms with Crippen LogP contribution in [0.2, 0.25) is 0 Å². The van der Waals surface area contributed by atoms with Gasteiger partial charge in [0, 0.05) is 49.5 Å². The number of aromatic nitrogens is 1. The number of pyridine rings is 1. The molecule has 3 unspecified atom stereocenters. The number of nitrogens with one attached hydrogen (secondary N) is 2. The van der Waals surface area contributed by atoms with Gasteiger partial charge in [-0.3, -0.25) is 4.98 Å². The number of piperidine rings is 1. The number of fused-ring (bicyclic) bond motifs is 1. The second kappa shape index (κ2) is 14.1. The molecule has 42 heavy (non-hydrogen) atoms. The number of methoxy groups -OCH3 is 1. The molecule has 0 spiro atoms. The highest BCUT2D eigenvalue weighted by atomic mass is 16.5. The van der Waals surface area contributed by atoms with Gasteiger partial charge in [-0.25, -0.2) is 4.79 Å². The molecule has 1 saturated heterocycles. The molecular formula is C33H46N4O5. The van der Waals surface area contributed by atoms with Crippen molar-refractivity contribution in [3.05, 3.63) is 48.7 Å². The molecule has 1 fully saturated rings. The van der Waals surface area contributed by atoms with E-state index in [1.165, 1.54) is 6.42 Å². The zero-order valence-corrected chi connectivity index (χ0v) is 25.8. The monoisotopic (exact) mass is 578 g/mol. The molecule has 1 aromatic heterocycles. The van der Waals surface area contributed by atoms with E-state index >= 15 is 0 Å². The SMILES string of the molecule is COc1cc2c(Oc3ccc(NC(=O)NCCC(C)(C)C)cc3)ccnc2cc1OCC(O)CN1CC(C)CC(C)C1. The summed E-state index contributed by atoms with van der Waals surface area (Å²) >= 11 is 0. The first-order valence-corrected chi connectivity index (χ1v) is 14.8. The Morgan fingerprint density at radius 2 is 1.79 bits per heavy atom. The Hall–Kier alpha value is -3.56. The smallest absolute Gasteiger partial charge is 0.319 e. The quantitative estimate of drug-likeness (QED) is 0.245. The zero-order valence-electron chi connectivity index (χ0n) is 25.8. The summed E-state index contributed by atoms with van der Waals surface area (Å²) < 4.78 is 17.8. The highest BCUT2D eigenvalue weighted by Crippen LogP contribution is 2.37. The number of rotatable bonds is 11. The van der Waals surface area contributed by atoms with Crippen LogP contribution in [-0.2, 0) is 0 Å². The number of urea groups is 1. The highest BCUT2D eigenvalue weighted by Gasteiger charge is 2.24. The lowest BCUT2D eigenvalue weighted by molar-refractivity contribution is 0.0423. The summed E-state index contributed by atoms with van der Waals surface area (Å²) in [7, 11) is 1.59. The van der Waals surface area contributed by atoms with Gasteiger partial charge in [0.25, 0.3) is 0 Å². The summed E-state index contributed by atoms with van der Waals surface area (Å²) in [6.07, 6.45) is 3.19. The standard InChI is InChI=1S/C33H46N4O5/c1-22-15-23(2)19-37(18-22)20-25(38)21-41-31-17-28-27(16-30(31)40-6)29(11-13-34-28)42-26-9-7-24(8-10-26)36-32(39)35-14-12-33(3,4)5/h7-11,13,16-17,22-23,25,38H,12,14-15,18-21H2,1-6H3,(H2,35,36,39). The Balaban J connectivity index is 1.37. The number of β-amino-alcohol motifs (C(OH)–C–C–N with tert-alkyl or cyclic N) is 1. The lowest BCUT2D eigenvalue weighted by Crippen LogP contribution is -2.44. The summed E-state index contributed by atoms with van der Waals surface area (Å²) in [6, 6.07) is 12.4. The lowest BCUT2D eigenvalue weighted by Gasteiger charge is -2.35. The van der Waals surface area contributed by atoms with E-state index < -0.39 is 6.10 Å². The van der Waals surface area contributed by atoms with Crippen LogP contribution in [0.1, 0.15) is 47.5 Å². The predicted molar refractivity (Wildman–Crippen MR) is 167 cm³/mol. The highest BCUT2D eigenvalue weighted by molar-refractivity contribution is 5.89. The van der Waals surface area contributed by atoms with Crippen molar-refractivity contribution in [2.24, 2.45) is 17.3 Å². The number of benzene rings is 2. The van der Waals surface area contributed by atoms with Crippen molar-refractivity contribution in [1.29, 1.82) is 0 Å². The van der Waals surface area contributed by atoms with E-state index in [0.29, 0.717) is 59.1 Å². The summed E-state index contributed by atoms with van der Waals surface area (Å²) in [4.78, 5) is 19.0. The minimum absolute atomic E-state index is 0.159. The van der Waals surface area contributed by atoms with Gasteiger partial charge in [-0.2, -0.15) is 0 Å². The zero-order chi connectivity index (χ0) is 30.3. The molecule has 1 aliphatic heterocycles. The summed E-state index contributed by atoms with van der Waals surface area (Å²) in [5.74, 6) is 3.54. The number of aliphatic hydroxyl groups excluding tert-OH is 1. The van der Waals surface area contributed by atoms with E-state index in [2.05, 4.69) is 55.1 Å². The second-order valence-corrected chi connectivity index (χ2v) is 12.8. The van der Waals surface area contributed by atoms with Crippen LogP contribution < -0.4 is 24.8 Å². The van der Waals surface area contributed by atoms with E-state index in [1.54, 1.807) is 43.6 Å². The molecule has 2 amide bonds. The molecule has 0 bridgehead atoms. The van der Waals surface area contributed by atoms with Crippen LogP contribution >= 0.6 is 0 Å². The Kier molecular flexibility index (Phi) is 10.5. The van der Waals surface area contributed by atoms with Gasteiger partial charge >= 0.3 is 6.03 Å². The van der Waals surface area contributed by atoms with Crippen LogP contribution in [0, 0.1) is 17.3 Å². The fourth-order valence-corrected chi connectivity index (χ4v) is 5.43. The maximum absolute atomic E-state index is 12.2. The number of anilines is 1. The first kappa shape index (κ1) is 31.4. The van der Waals surface area contributed by atoms with Crippen molar-refractivity contribution >= 4 is 22.6 Å². The molecule has 2 aromatic carbocycles. The van der Waals surface area contributed by atoms with Crippen LogP contribution in [0.5, 0.6) is 23.0 Å². The number of carbonyl (C=O) groups excluding carboxylic acids is 1. The Bertz CT molecular complexity index is 1310. The summed E-state index contributed by atoms with van der Waals surface area (Å²) in [5, 5.41) is 17.2. The number of nitrogens with zero attached hydrogens (tertiary/aromatic N) is 2. The average Bonchev–Trinajstić information content (AvgIpc) is 2.91. The van der Waals surface area contributed by atoms with Crippen LogP contribution in [0.4, 0.5) is 10.5 Å². The number of amides is 2. The third-order valence-electron chi connectivity index (χ3n) is 7.33. The first-order valence-electron chi connectivity index (χ1n) is 14.8. The van der Waals surface area contributed by atoms with Crippen molar-refractivity contribution in [2.45, 2.75) is 53.6 Å². The Morgan fingerprint density at radius 1 is 1.07 bits per heavy atom. The molecule has 2 heterocycles. The van der Waals surface area contributed by atoms with Crippen LogP contribution in [0.25, 0.3) is 10.9 Å². The van der Waals surface area contributed by atoms with Gasteiger partial charge in [0.05, 0.1) is 12.6 Å². The van der Waals surface area contributed by atoms with Gasteiger partial charge < -0.3 is 34.9 Å². The predicted octanol–water partition coefficient (Wildman–Crippen LogP) is 6.31. The van der Waals surface area contributed by atoms with Crippen molar-refractivity contribution in [2.75, 3.05) is 45.2 Å². The van der Waals surface area contributed by atoms with Crippen molar-refractivity contribution < 1.29 is 24.1 Å². The maximum atomic E-state index is 12.2. The van der Waals surface area contributed by atoms with Crippen molar-refractivity contribution in [1.82, 2.24) is 15.2 Å². The molecule has 228 valence electrons. The topological polar surface area (TPSA) is 105 Å². The van der Waals surface area contributed by atoms with Gasteiger partial charge in [0.2, 0.25) is 0 Å². The van der Waals surface area contributed by atoms with Crippen LogP contribution in [-0.4, -0.2) is 67.0 Å². The van der Waals surface area contributed by atoms with Gasteiger partial charge in [-0.1, -0.05) is 34.6 Å². The minimum atomic E-state index is -0.613. The van der Waals surface area contributed by atoms with Gasteiger partial charge in [-0.15, -0.1) is 0 Å². The van der Waals surface area contributed by atoms with E-state index in [1.807, 2.05) is 12.1 Å². The molecule has 9 nitrogen and oxygen atoms in total. The van der Waals surface area contributed by atoms with Crippen LogP contribution in [0.3, 0.4) is 0 Å². The fraction of sp³-hybridized carbons (Fsp3) is 0.515. The number of aliphatic hydroxyl groups is 1.